The lowest BCUT2D eigenvalue weighted by atomic mass is 10.1. The van der Waals surface area contributed by atoms with Gasteiger partial charge in [-0.25, -0.2) is 8.78 Å². The summed E-state index contributed by atoms with van der Waals surface area (Å²) in [7, 11) is 0. The Labute approximate surface area is 118 Å². The van der Waals surface area contributed by atoms with Gasteiger partial charge in [-0.15, -0.1) is 0 Å². The number of halogens is 2. The number of rotatable bonds is 5. The van der Waals surface area contributed by atoms with E-state index in [0.717, 1.165) is 0 Å². The van der Waals surface area contributed by atoms with Crippen molar-refractivity contribution >= 4 is 5.97 Å². The average Bonchev–Trinajstić information content (AvgIpc) is 2.32. The first kappa shape index (κ1) is 16.6. The van der Waals surface area contributed by atoms with Crippen LogP contribution < -0.4 is 5.32 Å². The number of carbonyl (C=O) groups is 1. The van der Waals surface area contributed by atoms with Crippen LogP contribution in [0.4, 0.5) is 8.78 Å². The van der Waals surface area contributed by atoms with Gasteiger partial charge in [-0.05, 0) is 32.8 Å². The van der Waals surface area contributed by atoms with Gasteiger partial charge in [0, 0.05) is 12.1 Å². The van der Waals surface area contributed by atoms with Crippen LogP contribution in [0.5, 0.6) is 0 Å². The maximum atomic E-state index is 13.7. The smallest absolute Gasteiger partial charge is 0.320 e. The second kappa shape index (κ2) is 6.79. The zero-order chi connectivity index (χ0) is 15.3. The van der Waals surface area contributed by atoms with Gasteiger partial charge in [-0.3, -0.25) is 4.79 Å². The van der Waals surface area contributed by atoms with Gasteiger partial charge in [0.15, 0.2) is 11.6 Å². The van der Waals surface area contributed by atoms with Crippen molar-refractivity contribution < 1.29 is 18.3 Å². The molecule has 1 N–H and O–H groups in total. The van der Waals surface area contributed by atoms with Crippen molar-refractivity contribution in [3.63, 3.8) is 0 Å². The lowest BCUT2D eigenvalue weighted by Crippen LogP contribution is -2.31. The molecule has 20 heavy (non-hydrogen) atoms. The summed E-state index contributed by atoms with van der Waals surface area (Å²) in [6, 6.07) is 3.09. The second-order valence-electron chi connectivity index (χ2n) is 5.56. The molecule has 0 fully saturated rings. The Hall–Kier alpha value is -1.49. The molecule has 0 unspecified atom stereocenters. The summed E-state index contributed by atoms with van der Waals surface area (Å²) in [6.45, 7) is 7.09. The Morgan fingerprint density at radius 2 is 1.75 bits per heavy atom. The summed E-state index contributed by atoms with van der Waals surface area (Å²) in [5, 5.41) is 2.75. The van der Waals surface area contributed by atoms with Gasteiger partial charge in [0.05, 0.1) is 6.54 Å². The summed E-state index contributed by atoms with van der Waals surface area (Å²) >= 11 is 0. The van der Waals surface area contributed by atoms with Gasteiger partial charge < -0.3 is 10.1 Å². The largest absolute Gasteiger partial charge is 0.459 e. The fraction of sp³-hybridized carbons (Fsp3) is 0.533. The van der Waals surface area contributed by atoms with Crippen LogP contribution in [0.25, 0.3) is 0 Å². The number of ether oxygens (including phenoxy) is 1. The molecule has 0 saturated carbocycles. The molecule has 0 aliphatic heterocycles. The number of hydrogen-bond acceptors (Lipinski definition) is 3. The Morgan fingerprint density at radius 1 is 1.20 bits per heavy atom. The second-order valence-corrected chi connectivity index (χ2v) is 5.56. The Morgan fingerprint density at radius 3 is 2.30 bits per heavy atom. The highest BCUT2D eigenvalue weighted by molar-refractivity contribution is 5.72. The van der Waals surface area contributed by atoms with Crippen LogP contribution in [0, 0.1) is 11.6 Å². The summed E-state index contributed by atoms with van der Waals surface area (Å²) in [5.74, 6) is -2.10. The highest BCUT2D eigenvalue weighted by Crippen LogP contribution is 2.16. The summed E-state index contributed by atoms with van der Waals surface area (Å²) in [5.41, 5.74) is -0.0135. The van der Waals surface area contributed by atoms with Crippen LogP contribution in [0.15, 0.2) is 12.1 Å². The first-order valence-electron chi connectivity index (χ1n) is 6.63. The maximum absolute atomic E-state index is 13.7. The maximum Gasteiger partial charge on any atom is 0.320 e. The number of benzene rings is 1. The number of esters is 1. The van der Waals surface area contributed by atoms with E-state index in [2.05, 4.69) is 5.32 Å². The van der Waals surface area contributed by atoms with Crippen molar-refractivity contribution in [3.05, 3.63) is 34.9 Å². The molecule has 0 saturated heterocycles. The van der Waals surface area contributed by atoms with E-state index in [-0.39, 0.29) is 18.7 Å². The van der Waals surface area contributed by atoms with Crippen molar-refractivity contribution in [2.75, 3.05) is 6.54 Å². The van der Waals surface area contributed by atoms with Gasteiger partial charge in [-0.1, -0.05) is 19.1 Å². The number of carbonyl (C=O) groups excluding carboxylic acids is 1. The molecular formula is C15H21F2NO2. The summed E-state index contributed by atoms with van der Waals surface area (Å²) in [6.07, 6.45) is 0.439. The predicted molar refractivity (Wildman–Crippen MR) is 73.3 cm³/mol. The lowest BCUT2D eigenvalue weighted by molar-refractivity contribution is -0.153. The molecule has 1 aromatic rings. The van der Waals surface area contributed by atoms with Gasteiger partial charge >= 0.3 is 5.97 Å². The van der Waals surface area contributed by atoms with E-state index in [1.807, 2.05) is 0 Å². The predicted octanol–water partition coefficient (Wildman–Crippen LogP) is 2.96. The fourth-order valence-corrected chi connectivity index (χ4v) is 1.72. The standard InChI is InChI=1S/C15H21F2NO2/c1-5-10-6-7-11(14(17)13(10)16)8-18-9-12(19)20-15(2,3)4/h6-7,18H,5,8-9H2,1-4H3. The molecule has 5 heteroatoms. The minimum Gasteiger partial charge on any atom is -0.459 e. The molecule has 0 heterocycles. The molecule has 3 nitrogen and oxygen atoms in total. The minimum absolute atomic E-state index is 0.0478. The molecule has 112 valence electrons. The Balaban J connectivity index is 2.55. The molecular weight excluding hydrogens is 264 g/mol. The van der Waals surface area contributed by atoms with Gasteiger partial charge in [0.2, 0.25) is 0 Å². The van der Waals surface area contributed by atoms with Crippen molar-refractivity contribution in [2.24, 2.45) is 0 Å². The highest BCUT2D eigenvalue weighted by atomic mass is 19.2. The third kappa shape index (κ3) is 4.89. The van der Waals surface area contributed by atoms with E-state index < -0.39 is 23.2 Å². The minimum atomic E-state index is -0.860. The number of nitrogens with one attached hydrogen (secondary N) is 1. The van der Waals surface area contributed by atoms with Gasteiger partial charge in [-0.2, -0.15) is 0 Å². The molecule has 0 bridgehead atoms. The van der Waals surface area contributed by atoms with Crippen molar-refractivity contribution in [3.8, 4) is 0 Å². The van der Waals surface area contributed by atoms with Crippen LogP contribution in [0.3, 0.4) is 0 Å². The van der Waals surface area contributed by atoms with E-state index in [0.29, 0.717) is 12.0 Å². The van der Waals surface area contributed by atoms with Crippen LogP contribution in [-0.2, 0) is 22.5 Å². The molecule has 1 aromatic carbocycles. The molecule has 0 radical (unpaired) electrons. The van der Waals surface area contributed by atoms with Crippen molar-refractivity contribution in [1.29, 1.82) is 0 Å². The molecule has 0 aromatic heterocycles. The topological polar surface area (TPSA) is 38.3 Å². The normalized spacial score (nSPS) is 11.5. The van der Waals surface area contributed by atoms with Crippen LogP contribution >= 0.6 is 0 Å². The SMILES string of the molecule is CCc1ccc(CNCC(=O)OC(C)(C)C)c(F)c1F. The third-order valence-corrected chi connectivity index (χ3v) is 2.63. The fourth-order valence-electron chi connectivity index (χ4n) is 1.72. The van der Waals surface area contributed by atoms with E-state index in [1.165, 1.54) is 6.07 Å². The van der Waals surface area contributed by atoms with E-state index in [9.17, 15) is 13.6 Å². The van der Waals surface area contributed by atoms with Crippen LogP contribution in [0.2, 0.25) is 0 Å². The first-order valence-corrected chi connectivity index (χ1v) is 6.63. The molecule has 0 spiro atoms. The quantitative estimate of drug-likeness (QED) is 0.845. The van der Waals surface area contributed by atoms with Crippen LogP contribution in [-0.4, -0.2) is 18.1 Å². The first-order chi connectivity index (χ1) is 9.24. The average molecular weight is 285 g/mol. The number of aryl methyl sites for hydroxylation is 1. The Bertz CT molecular complexity index is 481. The zero-order valence-electron chi connectivity index (χ0n) is 12.3. The summed E-state index contributed by atoms with van der Waals surface area (Å²) < 4.78 is 32.4. The molecule has 0 aliphatic carbocycles. The zero-order valence-corrected chi connectivity index (χ0v) is 12.3. The Kier molecular flexibility index (Phi) is 5.62. The highest BCUT2D eigenvalue weighted by Gasteiger charge is 2.16. The molecule has 0 atom stereocenters. The lowest BCUT2D eigenvalue weighted by Gasteiger charge is -2.19. The van der Waals surface area contributed by atoms with E-state index in [4.69, 9.17) is 4.74 Å². The van der Waals surface area contributed by atoms with E-state index in [1.54, 1.807) is 33.8 Å². The van der Waals surface area contributed by atoms with Crippen molar-refractivity contribution in [1.82, 2.24) is 5.32 Å². The van der Waals surface area contributed by atoms with E-state index >= 15 is 0 Å². The number of hydrogen-bond donors (Lipinski definition) is 1. The van der Waals surface area contributed by atoms with Gasteiger partial charge in [0.1, 0.15) is 5.60 Å². The monoisotopic (exact) mass is 285 g/mol. The third-order valence-electron chi connectivity index (χ3n) is 2.63. The summed E-state index contributed by atoms with van der Waals surface area (Å²) in [4.78, 5) is 11.4. The molecule has 0 amide bonds. The van der Waals surface area contributed by atoms with Gasteiger partial charge in [0.25, 0.3) is 0 Å². The molecule has 1 rings (SSSR count). The molecule has 0 aliphatic rings. The van der Waals surface area contributed by atoms with Crippen molar-refractivity contribution in [2.45, 2.75) is 46.3 Å². The van der Waals surface area contributed by atoms with Crippen LogP contribution in [0.1, 0.15) is 38.8 Å².